The van der Waals surface area contributed by atoms with E-state index in [4.69, 9.17) is 9.84 Å². The van der Waals surface area contributed by atoms with Crippen molar-refractivity contribution >= 4 is 0 Å². The van der Waals surface area contributed by atoms with E-state index >= 15 is 0 Å². The molecular weight excluding hydrogens is 128 g/mol. The van der Waals surface area contributed by atoms with Crippen molar-refractivity contribution in [2.75, 3.05) is 19.8 Å². The van der Waals surface area contributed by atoms with Crippen LogP contribution in [0.4, 0.5) is 0 Å². The first kappa shape index (κ1) is 8.02. The smallest absolute Gasteiger partial charge is 0.0572 e. The lowest BCUT2D eigenvalue weighted by Crippen LogP contribution is -2.54. The predicted octanol–water partition coefficient (Wildman–Crippen LogP) is 1.04. The van der Waals surface area contributed by atoms with Gasteiger partial charge in [-0.15, -0.1) is 0 Å². The molecule has 0 aliphatic carbocycles. The molecule has 0 aromatic carbocycles. The van der Waals surface area contributed by atoms with E-state index in [2.05, 4.69) is 20.8 Å². The quantitative estimate of drug-likeness (QED) is 0.596. The van der Waals surface area contributed by atoms with Crippen molar-refractivity contribution in [3.63, 3.8) is 0 Å². The van der Waals surface area contributed by atoms with Crippen LogP contribution < -0.4 is 0 Å². The Labute approximate surface area is 62.2 Å². The van der Waals surface area contributed by atoms with Crippen molar-refractivity contribution in [3.05, 3.63) is 0 Å². The van der Waals surface area contributed by atoms with E-state index in [1.165, 1.54) is 0 Å². The third kappa shape index (κ3) is 0.956. The van der Waals surface area contributed by atoms with Crippen LogP contribution in [0.2, 0.25) is 0 Å². The van der Waals surface area contributed by atoms with Crippen LogP contribution in [0.1, 0.15) is 20.8 Å². The largest absolute Gasteiger partial charge is 0.396 e. The topological polar surface area (TPSA) is 29.5 Å². The van der Waals surface area contributed by atoms with Gasteiger partial charge >= 0.3 is 0 Å². The molecule has 1 aliphatic heterocycles. The van der Waals surface area contributed by atoms with Crippen LogP contribution in [-0.2, 0) is 4.74 Å². The SMILES string of the molecule is CC(C)(C)C1(CO)COC1. The van der Waals surface area contributed by atoms with Gasteiger partial charge in [-0.3, -0.25) is 0 Å². The Morgan fingerprint density at radius 2 is 1.90 bits per heavy atom. The van der Waals surface area contributed by atoms with Crippen LogP contribution >= 0.6 is 0 Å². The fourth-order valence-corrected chi connectivity index (χ4v) is 1.11. The van der Waals surface area contributed by atoms with Crippen LogP contribution in [0.25, 0.3) is 0 Å². The minimum atomic E-state index is 0.0347. The highest BCUT2D eigenvalue weighted by Crippen LogP contribution is 2.43. The number of rotatable bonds is 1. The molecule has 1 aliphatic rings. The first-order valence-corrected chi connectivity index (χ1v) is 3.70. The fraction of sp³-hybridized carbons (Fsp3) is 1.00. The van der Waals surface area contributed by atoms with E-state index in [9.17, 15) is 0 Å². The summed E-state index contributed by atoms with van der Waals surface area (Å²) in [7, 11) is 0. The second-order valence-electron chi connectivity index (χ2n) is 4.18. The second kappa shape index (κ2) is 2.21. The Morgan fingerprint density at radius 3 is 1.90 bits per heavy atom. The van der Waals surface area contributed by atoms with Crippen molar-refractivity contribution < 1.29 is 9.84 Å². The Hall–Kier alpha value is -0.0800. The monoisotopic (exact) mass is 144 g/mol. The van der Waals surface area contributed by atoms with Crippen molar-refractivity contribution in [1.29, 1.82) is 0 Å². The van der Waals surface area contributed by atoms with Crippen molar-refractivity contribution in [2.24, 2.45) is 10.8 Å². The Kier molecular flexibility index (Phi) is 1.77. The third-order valence-corrected chi connectivity index (χ3v) is 2.65. The molecule has 0 unspecified atom stereocenters. The molecule has 10 heavy (non-hydrogen) atoms. The summed E-state index contributed by atoms with van der Waals surface area (Å²) >= 11 is 0. The zero-order valence-electron chi connectivity index (χ0n) is 6.98. The molecule has 1 rings (SSSR count). The molecule has 1 N–H and O–H groups in total. The van der Waals surface area contributed by atoms with Gasteiger partial charge in [-0.2, -0.15) is 0 Å². The van der Waals surface area contributed by atoms with Gasteiger partial charge in [0.1, 0.15) is 0 Å². The van der Waals surface area contributed by atoms with Crippen molar-refractivity contribution in [1.82, 2.24) is 0 Å². The summed E-state index contributed by atoms with van der Waals surface area (Å²) in [6.07, 6.45) is 0. The minimum absolute atomic E-state index is 0.0347. The van der Waals surface area contributed by atoms with Gasteiger partial charge in [0.05, 0.1) is 19.8 Å². The zero-order valence-corrected chi connectivity index (χ0v) is 6.98. The molecule has 0 atom stereocenters. The van der Waals surface area contributed by atoms with E-state index in [1.54, 1.807) is 0 Å². The lowest BCUT2D eigenvalue weighted by Gasteiger charge is -2.49. The van der Waals surface area contributed by atoms with Crippen LogP contribution in [0.5, 0.6) is 0 Å². The third-order valence-electron chi connectivity index (χ3n) is 2.65. The second-order valence-corrected chi connectivity index (χ2v) is 4.18. The highest BCUT2D eigenvalue weighted by atomic mass is 16.5. The first-order chi connectivity index (χ1) is 4.52. The summed E-state index contributed by atoms with van der Waals surface area (Å²) in [6.45, 7) is 8.11. The molecule has 2 nitrogen and oxygen atoms in total. The Morgan fingerprint density at radius 1 is 1.40 bits per heavy atom. The lowest BCUT2D eigenvalue weighted by atomic mass is 9.66. The van der Waals surface area contributed by atoms with Gasteiger partial charge in [0.15, 0.2) is 0 Å². The number of aliphatic hydroxyl groups excluding tert-OH is 1. The highest BCUT2D eigenvalue weighted by Gasteiger charge is 2.47. The maximum absolute atomic E-state index is 9.09. The van der Waals surface area contributed by atoms with Gasteiger partial charge < -0.3 is 9.84 Å². The van der Waals surface area contributed by atoms with Gasteiger partial charge in [-0.1, -0.05) is 20.8 Å². The molecule has 2 heteroatoms. The summed E-state index contributed by atoms with van der Waals surface area (Å²) in [5.74, 6) is 0. The maximum Gasteiger partial charge on any atom is 0.0572 e. The van der Waals surface area contributed by atoms with Crippen molar-refractivity contribution in [3.8, 4) is 0 Å². The minimum Gasteiger partial charge on any atom is -0.396 e. The first-order valence-electron chi connectivity index (χ1n) is 3.70. The van der Waals surface area contributed by atoms with Crippen molar-refractivity contribution in [2.45, 2.75) is 20.8 Å². The Bertz CT molecular complexity index is 114. The molecule has 0 saturated carbocycles. The number of hydrogen-bond donors (Lipinski definition) is 1. The van der Waals surface area contributed by atoms with Crippen LogP contribution in [0.15, 0.2) is 0 Å². The molecule has 1 heterocycles. The van der Waals surface area contributed by atoms with E-state index in [-0.39, 0.29) is 17.4 Å². The molecule has 0 aromatic heterocycles. The van der Waals surface area contributed by atoms with Crippen LogP contribution in [0, 0.1) is 10.8 Å². The molecule has 1 saturated heterocycles. The highest BCUT2D eigenvalue weighted by molar-refractivity contribution is 4.94. The van der Waals surface area contributed by atoms with Gasteiger partial charge in [0, 0.05) is 5.41 Å². The van der Waals surface area contributed by atoms with Gasteiger partial charge in [-0.05, 0) is 5.41 Å². The summed E-state index contributed by atoms with van der Waals surface area (Å²) in [6, 6.07) is 0. The van der Waals surface area contributed by atoms with E-state index < -0.39 is 0 Å². The van der Waals surface area contributed by atoms with E-state index in [0.29, 0.717) is 13.2 Å². The van der Waals surface area contributed by atoms with Gasteiger partial charge in [0.2, 0.25) is 0 Å². The average molecular weight is 144 g/mol. The molecule has 0 spiro atoms. The molecule has 0 radical (unpaired) electrons. The lowest BCUT2D eigenvalue weighted by molar-refractivity contribution is -0.190. The average Bonchev–Trinajstić information content (AvgIpc) is 1.58. The molecule has 0 aromatic rings. The number of aliphatic hydroxyl groups is 1. The summed E-state index contributed by atoms with van der Waals surface area (Å²) in [4.78, 5) is 0. The Balaban J connectivity index is 2.65. The predicted molar refractivity (Wildman–Crippen MR) is 39.8 cm³/mol. The molecule has 60 valence electrons. The molecule has 0 bridgehead atoms. The van der Waals surface area contributed by atoms with E-state index in [1.807, 2.05) is 0 Å². The molecule has 0 amide bonds. The summed E-state index contributed by atoms with van der Waals surface area (Å²) in [5.41, 5.74) is 0.201. The molecular formula is C8H16O2. The normalized spacial score (nSPS) is 24.0. The standard InChI is InChI=1S/C8H16O2/c1-7(2,3)8(4-9)5-10-6-8/h9H,4-6H2,1-3H3. The fourth-order valence-electron chi connectivity index (χ4n) is 1.11. The number of hydrogen-bond acceptors (Lipinski definition) is 2. The van der Waals surface area contributed by atoms with Gasteiger partial charge in [-0.25, -0.2) is 0 Å². The van der Waals surface area contributed by atoms with Gasteiger partial charge in [0.25, 0.3) is 0 Å². The van der Waals surface area contributed by atoms with E-state index in [0.717, 1.165) is 0 Å². The zero-order chi connectivity index (χ0) is 7.83. The molecule has 1 fully saturated rings. The van der Waals surface area contributed by atoms with Crippen LogP contribution in [-0.4, -0.2) is 24.9 Å². The van der Waals surface area contributed by atoms with Crippen LogP contribution in [0.3, 0.4) is 0 Å². The maximum atomic E-state index is 9.09. The number of ether oxygens (including phenoxy) is 1. The summed E-state index contributed by atoms with van der Waals surface area (Å²) < 4.78 is 5.10. The summed E-state index contributed by atoms with van der Waals surface area (Å²) in [5, 5.41) is 9.09.